The summed E-state index contributed by atoms with van der Waals surface area (Å²) in [6.07, 6.45) is 3.01. The summed E-state index contributed by atoms with van der Waals surface area (Å²) >= 11 is 8.44. The predicted molar refractivity (Wildman–Crippen MR) is 134 cm³/mol. The van der Waals surface area contributed by atoms with Gasteiger partial charge in [0.2, 0.25) is 0 Å². The molecule has 1 aromatic heterocycles. The van der Waals surface area contributed by atoms with Crippen LogP contribution in [0, 0.1) is 0 Å². The van der Waals surface area contributed by atoms with Crippen molar-refractivity contribution in [2.45, 2.75) is 38.3 Å². The minimum Gasteiger partial charge on any atom is -0.292 e. The number of aliphatic imine (C=N–C) groups is 1. The molecule has 0 bridgehead atoms. The van der Waals surface area contributed by atoms with Crippen molar-refractivity contribution in [3.05, 3.63) is 82.9 Å². The van der Waals surface area contributed by atoms with Crippen molar-refractivity contribution in [3.63, 3.8) is 0 Å². The first-order valence-electron chi connectivity index (χ1n) is 11.0. The summed E-state index contributed by atoms with van der Waals surface area (Å²) in [6, 6.07) is 14.3. The summed E-state index contributed by atoms with van der Waals surface area (Å²) in [7, 11) is 0. The molecule has 0 unspecified atom stereocenters. The number of benzene rings is 2. The first-order valence-corrected chi connectivity index (χ1v) is 12.4. The third-order valence-corrected chi connectivity index (χ3v) is 6.65. The molecule has 0 saturated carbocycles. The van der Waals surface area contributed by atoms with Gasteiger partial charge in [0.1, 0.15) is 6.54 Å². The fourth-order valence-electron chi connectivity index (χ4n) is 4.09. The number of fused-ring (bicyclic) bond motifs is 3. The third-order valence-electron chi connectivity index (χ3n) is 5.38. The highest BCUT2D eigenvalue weighted by Gasteiger charge is 2.26. The van der Waals surface area contributed by atoms with Crippen molar-refractivity contribution < 1.29 is 0 Å². The Kier molecular flexibility index (Phi) is 7.45. The van der Waals surface area contributed by atoms with E-state index in [-0.39, 0.29) is 0 Å². The minimum atomic E-state index is 0.452. The molecule has 0 radical (unpaired) electrons. The van der Waals surface area contributed by atoms with Crippen LogP contribution >= 0.6 is 23.4 Å². The molecule has 2 aromatic carbocycles. The van der Waals surface area contributed by atoms with Crippen LogP contribution in [0.5, 0.6) is 0 Å². The molecular formula is C25H28ClN5S. The first kappa shape index (κ1) is 22.8. The lowest BCUT2D eigenvalue weighted by atomic mass is 10.00. The molecule has 4 rings (SSSR count). The predicted octanol–water partition coefficient (Wildman–Crippen LogP) is 5.78. The van der Waals surface area contributed by atoms with Gasteiger partial charge in [-0.15, -0.1) is 28.5 Å². The summed E-state index contributed by atoms with van der Waals surface area (Å²) in [5.41, 5.74) is 4.01. The number of aromatic nitrogens is 3. The van der Waals surface area contributed by atoms with E-state index >= 15 is 0 Å². The molecule has 5 nitrogen and oxygen atoms in total. The fraction of sp³-hybridized carbons (Fsp3) is 0.320. The van der Waals surface area contributed by atoms with Gasteiger partial charge in [0, 0.05) is 27.6 Å². The van der Waals surface area contributed by atoms with Crippen LogP contribution in [-0.2, 0) is 13.1 Å². The maximum atomic E-state index is 6.62. The van der Waals surface area contributed by atoms with E-state index in [4.69, 9.17) is 16.6 Å². The van der Waals surface area contributed by atoms with Crippen LogP contribution in [0.15, 0.2) is 65.0 Å². The van der Waals surface area contributed by atoms with Gasteiger partial charge >= 0.3 is 0 Å². The van der Waals surface area contributed by atoms with Gasteiger partial charge in [-0.1, -0.05) is 55.8 Å². The van der Waals surface area contributed by atoms with Crippen molar-refractivity contribution in [1.29, 1.82) is 0 Å². The second kappa shape index (κ2) is 10.5. The number of thioether (sulfide) groups is 1. The lowest BCUT2D eigenvalue weighted by Crippen LogP contribution is -2.26. The van der Waals surface area contributed by atoms with Gasteiger partial charge in [-0.05, 0) is 36.9 Å². The van der Waals surface area contributed by atoms with Crippen molar-refractivity contribution in [1.82, 2.24) is 19.7 Å². The Hall–Kier alpha value is -2.41. The van der Waals surface area contributed by atoms with E-state index in [1.807, 2.05) is 42.1 Å². The molecule has 166 valence electrons. The third kappa shape index (κ3) is 4.53. The van der Waals surface area contributed by atoms with E-state index in [0.717, 1.165) is 59.4 Å². The van der Waals surface area contributed by atoms with Gasteiger partial charge in [-0.25, -0.2) is 0 Å². The van der Waals surface area contributed by atoms with Crippen molar-refractivity contribution in [2.75, 3.05) is 18.8 Å². The second-order valence-corrected chi connectivity index (χ2v) is 9.33. The number of halogens is 1. The molecule has 0 amide bonds. The highest BCUT2D eigenvalue weighted by atomic mass is 35.5. The monoisotopic (exact) mass is 465 g/mol. The smallest absolute Gasteiger partial charge is 0.159 e. The van der Waals surface area contributed by atoms with Gasteiger partial charge in [0.15, 0.2) is 11.6 Å². The van der Waals surface area contributed by atoms with Gasteiger partial charge in [-0.3, -0.25) is 14.5 Å². The zero-order valence-electron chi connectivity index (χ0n) is 18.6. The first-order chi connectivity index (χ1) is 15.7. The maximum absolute atomic E-state index is 6.62. The second-order valence-electron chi connectivity index (χ2n) is 7.62. The summed E-state index contributed by atoms with van der Waals surface area (Å²) in [5, 5.41) is 9.80. The SMILES string of the molecule is C=CCN(CCC)Cc1nnc2n1-c1cccc(SCC)c1C(c1ccccc1Cl)=NC2. The quantitative estimate of drug-likeness (QED) is 0.297. The minimum absolute atomic E-state index is 0.452. The van der Waals surface area contributed by atoms with Crippen LogP contribution in [-0.4, -0.2) is 44.2 Å². The Morgan fingerprint density at radius 1 is 1.16 bits per heavy atom. The average molecular weight is 466 g/mol. The van der Waals surface area contributed by atoms with Crippen molar-refractivity contribution in [3.8, 4) is 5.69 Å². The van der Waals surface area contributed by atoms with Gasteiger partial charge < -0.3 is 0 Å². The molecule has 7 heteroatoms. The van der Waals surface area contributed by atoms with Crippen LogP contribution in [0.2, 0.25) is 5.02 Å². The molecular weight excluding hydrogens is 438 g/mol. The van der Waals surface area contributed by atoms with Crippen LogP contribution < -0.4 is 0 Å². The van der Waals surface area contributed by atoms with E-state index in [2.05, 4.69) is 58.3 Å². The molecule has 3 aromatic rings. The molecule has 1 aliphatic rings. The Morgan fingerprint density at radius 2 is 2.00 bits per heavy atom. The maximum Gasteiger partial charge on any atom is 0.159 e. The molecule has 0 aliphatic carbocycles. The molecule has 2 heterocycles. The normalized spacial score (nSPS) is 12.8. The molecule has 0 fully saturated rings. The Morgan fingerprint density at radius 3 is 2.75 bits per heavy atom. The number of hydrogen-bond acceptors (Lipinski definition) is 5. The molecule has 0 N–H and O–H groups in total. The molecule has 0 spiro atoms. The van der Waals surface area contributed by atoms with E-state index in [0.29, 0.717) is 18.1 Å². The summed E-state index contributed by atoms with van der Waals surface area (Å²) in [5.74, 6) is 2.74. The van der Waals surface area contributed by atoms with Gasteiger partial charge in [0.25, 0.3) is 0 Å². The Labute approximate surface area is 199 Å². The molecule has 1 aliphatic heterocycles. The lowest BCUT2D eigenvalue weighted by Gasteiger charge is -2.21. The van der Waals surface area contributed by atoms with Crippen LogP contribution in [0.25, 0.3) is 5.69 Å². The fourth-order valence-corrected chi connectivity index (χ4v) is 5.15. The van der Waals surface area contributed by atoms with E-state index < -0.39 is 0 Å². The van der Waals surface area contributed by atoms with E-state index in [9.17, 15) is 0 Å². The van der Waals surface area contributed by atoms with Gasteiger partial charge in [-0.2, -0.15) is 0 Å². The number of rotatable bonds is 9. The highest BCUT2D eigenvalue weighted by Crippen LogP contribution is 2.35. The molecule has 0 saturated heterocycles. The van der Waals surface area contributed by atoms with Crippen LogP contribution in [0.1, 0.15) is 43.0 Å². The number of hydrogen-bond donors (Lipinski definition) is 0. The van der Waals surface area contributed by atoms with Crippen molar-refractivity contribution in [2.24, 2.45) is 4.99 Å². The van der Waals surface area contributed by atoms with E-state index in [1.54, 1.807) is 0 Å². The number of nitrogens with zero attached hydrogens (tertiary/aromatic N) is 5. The van der Waals surface area contributed by atoms with Crippen molar-refractivity contribution >= 4 is 29.1 Å². The lowest BCUT2D eigenvalue weighted by molar-refractivity contribution is 0.286. The zero-order chi connectivity index (χ0) is 22.5. The van der Waals surface area contributed by atoms with Crippen LogP contribution in [0.3, 0.4) is 0 Å². The summed E-state index contributed by atoms with van der Waals surface area (Å²) in [6.45, 7) is 11.2. The topological polar surface area (TPSA) is 46.3 Å². The zero-order valence-corrected chi connectivity index (χ0v) is 20.2. The Balaban J connectivity index is 1.88. The Bertz CT molecular complexity index is 1140. The molecule has 32 heavy (non-hydrogen) atoms. The summed E-state index contributed by atoms with van der Waals surface area (Å²) in [4.78, 5) is 8.54. The standard InChI is InChI=1S/C25H28ClN5S/c1-4-14-30(15-5-2)17-23-29-28-22-16-27-25(18-10-7-8-11-19(18)26)24-20(31(22)23)12-9-13-21(24)32-6-3/h4,7-13H,1,5-6,14-17H2,2-3H3. The average Bonchev–Trinajstić information content (AvgIpc) is 3.10. The van der Waals surface area contributed by atoms with Crippen LogP contribution in [0.4, 0.5) is 0 Å². The summed E-state index contributed by atoms with van der Waals surface area (Å²) < 4.78 is 2.19. The largest absolute Gasteiger partial charge is 0.292 e. The molecule has 0 atom stereocenters. The van der Waals surface area contributed by atoms with Gasteiger partial charge in [0.05, 0.1) is 17.9 Å². The highest BCUT2D eigenvalue weighted by molar-refractivity contribution is 7.99. The van der Waals surface area contributed by atoms with E-state index in [1.165, 1.54) is 4.90 Å².